The summed E-state index contributed by atoms with van der Waals surface area (Å²) in [6.45, 7) is 0. The molecule has 0 aromatic heterocycles. The lowest BCUT2D eigenvalue weighted by atomic mass is 9.13. The summed E-state index contributed by atoms with van der Waals surface area (Å²) in [5.74, 6) is 11.0. The number of rotatable bonds is 0. The minimum absolute atomic E-state index is 0.191. The molecule has 2 spiro atoms. The zero-order valence-corrected chi connectivity index (χ0v) is 14.0. The van der Waals surface area contributed by atoms with Crippen LogP contribution in [-0.2, 0) is 0 Å². The Morgan fingerprint density at radius 3 is 2.26 bits per heavy atom. The van der Waals surface area contributed by atoms with E-state index in [2.05, 4.69) is 0 Å². The van der Waals surface area contributed by atoms with E-state index in [-0.39, 0.29) is 5.60 Å². The van der Waals surface area contributed by atoms with E-state index in [1.54, 1.807) is 32.1 Å². The molecule has 1 N–H and O–H groups in total. The second-order valence-corrected chi connectivity index (χ2v) is 12.2. The first-order valence-electron chi connectivity index (χ1n) is 10.9. The average Bonchev–Trinajstić information content (AvgIpc) is 2.52. The molecule has 13 saturated carbocycles. The van der Waals surface area contributed by atoms with Gasteiger partial charge in [0.25, 0.3) is 0 Å². The maximum Gasteiger partial charge on any atom is 0.0717 e. The molecular weight excluding hydrogens is 280 g/mol. The molecule has 13 fully saturated rings. The van der Waals surface area contributed by atoms with Gasteiger partial charge in [-0.2, -0.15) is 0 Å². The summed E-state index contributed by atoms with van der Waals surface area (Å²) >= 11 is 0. The third-order valence-corrected chi connectivity index (χ3v) is 12.5. The molecule has 23 heavy (non-hydrogen) atoms. The lowest BCUT2D eigenvalue weighted by Crippen LogP contribution is -2.89. The molecule has 0 aromatic rings. The van der Waals surface area contributed by atoms with Crippen LogP contribution in [0.4, 0.5) is 0 Å². The molecule has 0 amide bonds. The molecule has 0 aromatic carbocycles. The van der Waals surface area contributed by atoms with Crippen LogP contribution < -0.4 is 0 Å². The highest BCUT2D eigenvalue weighted by Crippen LogP contribution is 2.93. The van der Waals surface area contributed by atoms with Crippen molar-refractivity contribution in [2.45, 2.75) is 57.0 Å². The summed E-state index contributed by atoms with van der Waals surface area (Å²) in [6, 6.07) is 0. The molecule has 13 aliphatic rings. The number of hydrogen-bond donors (Lipinski definition) is 1. The van der Waals surface area contributed by atoms with E-state index in [9.17, 15) is 5.11 Å². The average molecular weight is 308 g/mol. The van der Waals surface area contributed by atoms with Crippen molar-refractivity contribution in [3.63, 3.8) is 0 Å². The normalized spacial score (nSPS) is 85.2. The van der Waals surface area contributed by atoms with Crippen molar-refractivity contribution in [2.24, 2.45) is 75.9 Å². The zero-order chi connectivity index (χ0) is 14.5. The van der Waals surface area contributed by atoms with Crippen molar-refractivity contribution < 1.29 is 5.11 Å². The third-order valence-electron chi connectivity index (χ3n) is 12.5. The Labute approximate surface area is 138 Å². The first-order valence-corrected chi connectivity index (χ1v) is 10.9. The van der Waals surface area contributed by atoms with Crippen molar-refractivity contribution in [3.05, 3.63) is 0 Å². The topological polar surface area (TPSA) is 20.2 Å². The van der Waals surface area contributed by atoms with Crippen LogP contribution in [0.25, 0.3) is 0 Å². The van der Waals surface area contributed by atoms with Crippen molar-refractivity contribution >= 4 is 0 Å². The smallest absolute Gasteiger partial charge is 0.0717 e. The maximum absolute atomic E-state index is 12.1. The molecule has 1 nitrogen and oxygen atoms in total. The summed E-state index contributed by atoms with van der Waals surface area (Å²) in [6.07, 6.45) is 12.2. The Morgan fingerprint density at radius 1 is 0.609 bits per heavy atom. The highest BCUT2D eigenvalue weighted by Gasteiger charge is 2.89. The largest absolute Gasteiger partial charge is 0.389 e. The standard InChI is InChI=1S/C22H28O/c23-22-6-10-3-13-15(22)8-20-4-9-1-11-14-7-21(5-10,17(13)16(11)20)19(22)18(20)12(14)2-9/h9-19,23H,1-8H2/t9-,10-,11+,12-,13-,14-,15+,16-,17+,18+,19-,20-,21+,22-/m0/s1. The highest BCUT2D eigenvalue weighted by atomic mass is 16.3. The summed E-state index contributed by atoms with van der Waals surface area (Å²) in [7, 11) is 0. The summed E-state index contributed by atoms with van der Waals surface area (Å²) < 4.78 is 0. The van der Waals surface area contributed by atoms with Gasteiger partial charge in [-0.05, 0) is 127 Å². The van der Waals surface area contributed by atoms with Crippen LogP contribution in [0.5, 0.6) is 0 Å². The molecule has 0 unspecified atom stereocenters. The Balaban J connectivity index is 1.43. The first-order chi connectivity index (χ1) is 11.2. The van der Waals surface area contributed by atoms with E-state index in [0.717, 1.165) is 70.5 Å². The van der Waals surface area contributed by atoms with Gasteiger partial charge in [0.1, 0.15) is 0 Å². The van der Waals surface area contributed by atoms with E-state index in [0.29, 0.717) is 5.41 Å². The van der Waals surface area contributed by atoms with E-state index in [1.165, 1.54) is 19.3 Å². The Morgan fingerprint density at radius 2 is 1.35 bits per heavy atom. The van der Waals surface area contributed by atoms with Gasteiger partial charge in [0, 0.05) is 0 Å². The predicted octanol–water partition coefficient (Wildman–Crippen LogP) is 3.71. The predicted molar refractivity (Wildman–Crippen MR) is 85.1 cm³/mol. The van der Waals surface area contributed by atoms with Crippen molar-refractivity contribution in [2.75, 3.05) is 0 Å². The molecule has 0 aliphatic heterocycles. The monoisotopic (exact) mass is 308 g/mol. The highest BCUT2D eigenvalue weighted by molar-refractivity contribution is 5.37. The minimum atomic E-state index is -0.191. The van der Waals surface area contributed by atoms with Gasteiger partial charge in [-0.3, -0.25) is 0 Å². The van der Waals surface area contributed by atoms with Gasteiger partial charge in [-0.1, -0.05) is 0 Å². The molecule has 1 heteroatoms. The van der Waals surface area contributed by atoms with Gasteiger partial charge in [-0.15, -0.1) is 0 Å². The number of aliphatic hydroxyl groups is 1. The van der Waals surface area contributed by atoms with Crippen LogP contribution in [0.15, 0.2) is 0 Å². The maximum atomic E-state index is 12.1. The van der Waals surface area contributed by atoms with Gasteiger partial charge in [0.15, 0.2) is 0 Å². The fourth-order valence-electron chi connectivity index (χ4n) is 13.5. The molecule has 14 bridgehead atoms. The Kier molecular flexibility index (Phi) is 1.39. The second kappa shape index (κ2) is 2.78. The van der Waals surface area contributed by atoms with E-state index < -0.39 is 0 Å². The molecule has 0 radical (unpaired) electrons. The SMILES string of the molecule is O[C@]12C[C@H]3C[C@@H]4[C@@H]5[C@@H]6[C@@H]7C[C@H]8C[C@H]9[C@H]7C[C@@]5(C3)[C@@H]1[C@@H]9[C@@]6(C8)C[C@H]42. The molecule has 14 atom stereocenters. The zero-order valence-electron chi connectivity index (χ0n) is 14.0. The van der Waals surface area contributed by atoms with Crippen LogP contribution in [0.3, 0.4) is 0 Å². The molecule has 122 valence electrons. The lowest BCUT2D eigenvalue weighted by molar-refractivity contribution is -0.460. The first kappa shape index (κ1) is 11.6. The van der Waals surface area contributed by atoms with Crippen molar-refractivity contribution in [3.8, 4) is 0 Å². The van der Waals surface area contributed by atoms with Gasteiger partial charge in [-0.25, -0.2) is 0 Å². The minimum Gasteiger partial charge on any atom is -0.389 e. The molecule has 13 aliphatic carbocycles. The summed E-state index contributed by atoms with van der Waals surface area (Å²) in [5.41, 5.74) is 1.21. The summed E-state index contributed by atoms with van der Waals surface area (Å²) in [4.78, 5) is 0. The second-order valence-electron chi connectivity index (χ2n) is 12.2. The Hall–Kier alpha value is -0.0400. The summed E-state index contributed by atoms with van der Waals surface area (Å²) in [5, 5.41) is 12.1. The van der Waals surface area contributed by atoms with Gasteiger partial charge < -0.3 is 5.11 Å². The molecule has 0 saturated heterocycles. The van der Waals surface area contributed by atoms with Crippen LogP contribution in [-0.4, -0.2) is 10.7 Å². The van der Waals surface area contributed by atoms with Crippen LogP contribution in [0, 0.1) is 75.9 Å². The quantitative estimate of drug-likeness (QED) is 0.723. The number of hydrogen-bond acceptors (Lipinski definition) is 1. The van der Waals surface area contributed by atoms with E-state index >= 15 is 0 Å². The molecule has 13 rings (SSSR count). The fourth-order valence-corrected chi connectivity index (χ4v) is 13.5. The van der Waals surface area contributed by atoms with Crippen LogP contribution in [0.1, 0.15) is 51.4 Å². The van der Waals surface area contributed by atoms with E-state index in [1.807, 2.05) is 0 Å². The van der Waals surface area contributed by atoms with Gasteiger partial charge >= 0.3 is 0 Å². The molecule has 0 heterocycles. The molecular formula is C22H28O. The van der Waals surface area contributed by atoms with Crippen LogP contribution in [0.2, 0.25) is 0 Å². The fraction of sp³-hybridized carbons (Fsp3) is 1.00. The van der Waals surface area contributed by atoms with Gasteiger partial charge in [0.2, 0.25) is 0 Å². The lowest BCUT2D eigenvalue weighted by Gasteiger charge is -2.92. The Bertz CT molecular complexity index is 700. The third kappa shape index (κ3) is 0.794. The van der Waals surface area contributed by atoms with Crippen molar-refractivity contribution in [1.82, 2.24) is 0 Å². The van der Waals surface area contributed by atoms with E-state index in [4.69, 9.17) is 0 Å². The van der Waals surface area contributed by atoms with Gasteiger partial charge in [0.05, 0.1) is 5.60 Å². The van der Waals surface area contributed by atoms with Crippen LogP contribution >= 0.6 is 0 Å². The van der Waals surface area contributed by atoms with Crippen molar-refractivity contribution in [1.29, 1.82) is 0 Å².